The van der Waals surface area contributed by atoms with Crippen molar-refractivity contribution < 1.29 is 4.74 Å². The van der Waals surface area contributed by atoms with E-state index in [1.165, 1.54) is 25.1 Å². The highest BCUT2D eigenvalue weighted by atomic mass is 16.5. The van der Waals surface area contributed by atoms with Crippen molar-refractivity contribution in [2.45, 2.75) is 33.8 Å². The molecule has 0 spiro atoms. The predicted molar refractivity (Wildman–Crippen MR) is 109 cm³/mol. The summed E-state index contributed by atoms with van der Waals surface area (Å²) in [4.78, 5) is 7.26. The maximum absolute atomic E-state index is 5.82. The van der Waals surface area contributed by atoms with Crippen molar-refractivity contribution >= 4 is 5.96 Å². The molecule has 5 heteroatoms. The Morgan fingerprint density at radius 1 is 1.27 bits per heavy atom. The Bertz CT molecular complexity index is 520. The lowest BCUT2D eigenvalue weighted by molar-refractivity contribution is 0.0945. The molecule has 1 fully saturated rings. The van der Waals surface area contributed by atoms with Gasteiger partial charge >= 0.3 is 0 Å². The Balaban J connectivity index is 1.67. The van der Waals surface area contributed by atoms with Crippen LogP contribution in [0.3, 0.4) is 0 Å². The summed E-state index contributed by atoms with van der Waals surface area (Å²) in [5.41, 5.74) is 1.22. The standard InChI is InChI=1S/C21H36N4O/c1-4-22-21(24-14-20-11-12-25(5-2)15-20)23-13-18(3)16-26-17-19-9-7-6-8-10-19/h6-10,18,20H,4-5,11-17H2,1-3H3,(H2,22,23,24). The number of nitrogens with zero attached hydrogens (tertiary/aromatic N) is 2. The third kappa shape index (κ3) is 7.75. The fourth-order valence-electron chi connectivity index (χ4n) is 3.20. The lowest BCUT2D eigenvalue weighted by Gasteiger charge is -2.17. The number of hydrogen-bond donors (Lipinski definition) is 2. The number of benzene rings is 1. The summed E-state index contributed by atoms with van der Waals surface area (Å²) in [5, 5.41) is 6.87. The van der Waals surface area contributed by atoms with Crippen LogP contribution < -0.4 is 10.6 Å². The van der Waals surface area contributed by atoms with Crippen LogP contribution in [0.4, 0.5) is 0 Å². The summed E-state index contributed by atoms with van der Waals surface area (Å²) in [6, 6.07) is 10.3. The molecule has 1 aromatic carbocycles. The molecule has 1 aliphatic rings. The zero-order chi connectivity index (χ0) is 18.6. The van der Waals surface area contributed by atoms with Gasteiger partial charge in [0.05, 0.1) is 13.2 Å². The summed E-state index contributed by atoms with van der Waals surface area (Å²) in [6.07, 6.45) is 1.28. The first kappa shape index (κ1) is 20.7. The van der Waals surface area contributed by atoms with Crippen molar-refractivity contribution in [1.82, 2.24) is 15.5 Å². The highest BCUT2D eigenvalue weighted by Gasteiger charge is 2.20. The van der Waals surface area contributed by atoms with Crippen LogP contribution in [-0.4, -0.2) is 56.7 Å². The van der Waals surface area contributed by atoms with Crippen molar-refractivity contribution in [1.29, 1.82) is 0 Å². The Kier molecular flexibility index (Phi) is 9.50. The number of hydrogen-bond acceptors (Lipinski definition) is 3. The zero-order valence-corrected chi connectivity index (χ0v) is 16.7. The van der Waals surface area contributed by atoms with E-state index in [4.69, 9.17) is 9.73 Å². The van der Waals surface area contributed by atoms with Crippen LogP contribution in [-0.2, 0) is 11.3 Å². The molecule has 1 aliphatic heterocycles. The Labute approximate surface area is 159 Å². The third-order valence-corrected chi connectivity index (χ3v) is 4.79. The molecule has 26 heavy (non-hydrogen) atoms. The van der Waals surface area contributed by atoms with Gasteiger partial charge in [-0.3, -0.25) is 4.99 Å². The van der Waals surface area contributed by atoms with Gasteiger partial charge < -0.3 is 20.3 Å². The van der Waals surface area contributed by atoms with Gasteiger partial charge in [-0.15, -0.1) is 0 Å². The summed E-state index contributed by atoms with van der Waals surface area (Å²) in [5.74, 6) is 2.05. The lowest BCUT2D eigenvalue weighted by atomic mass is 10.1. The lowest BCUT2D eigenvalue weighted by Crippen LogP contribution is -2.40. The van der Waals surface area contributed by atoms with Gasteiger partial charge in [0.15, 0.2) is 5.96 Å². The van der Waals surface area contributed by atoms with Gasteiger partial charge in [0.2, 0.25) is 0 Å². The molecule has 2 rings (SSSR count). The Morgan fingerprint density at radius 2 is 2.08 bits per heavy atom. The van der Waals surface area contributed by atoms with Gasteiger partial charge in [-0.05, 0) is 43.8 Å². The predicted octanol–water partition coefficient (Wildman–Crippen LogP) is 2.74. The fraction of sp³-hybridized carbons (Fsp3) is 0.667. The number of likely N-dealkylation sites (tertiary alicyclic amines) is 1. The molecule has 2 N–H and O–H groups in total. The van der Waals surface area contributed by atoms with E-state index in [-0.39, 0.29) is 0 Å². The normalized spacial score (nSPS) is 19.5. The summed E-state index contributed by atoms with van der Waals surface area (Å²) in [6.45, 7) is 14.2. The van der Waals surface area contributed by atoms with Crippen LogP contribution in [0.25, 0.3) is 0 Å². The van der Waals surface area contributed by atoms with Gasteiger partial charge in [-0.1, -0.05) is 44.2 Å². The van der Waals surface area contributed by atoms with Crippen LogP contribution in [0.2, 0.25) is 0 Å². The third-order valence-electron chi connectivity index (χ3n) is 4.79. The molecule has 5 nitrogen and oxygen atoms in total. The second kappa shape index (κ2) is 11.9. The molecule has 0 saturated carbocycles. The highest BCUT2D eigenvalue weighted by molar-refractivity contribution is 5.79. The van der Waals surface area contributed by atoms with Crippen LogP contribution >= 0.6 is 0 Å². The monoisotopic (exact) mass is 360 g/mol. The van der Waals surface area contributed by atoms with E-state index in [2.05, 4.69) is 48.4 Å². The molecule has 0 amide bonds. The highest BCUT2D eigenvalue weighted by Crippen LogP contribution is 2.14. The molecular weight excluding hydrogens is 324 g/mol. The van der Waals surface area contributed by atoms with Gasteiger partial charge in [-0.2, -0.15) is 0 Å². The first-order valence-corrected chi connectivity index (χ1v) is 10.1. The number of nitrogens with one attached hydrogen (secondary N) is 2. The molecule has 2 unspecified atom stereocenters. The average molecular weight is 361 g/mol. The largest absolute Gasteiger partial charge is 0.376 e. The maximum Gasteiger partial charge on any atom is 0.191 e. The summed E-state index contributed by atoms with van der Waals surface area (Å²) < 4.78 is 5.82. The smallest absolute Gasteiger partial charge is 0.191 e. The number of rotatable bonds is 10. The van der Waals surface area contributed by atoms with Crippen molar-refractivity contribution in [3.05, 3.63) is 35.9 Å². The van der Waals surface area contributed by atoms with Crippen LogP contribution in [0.5, 0.6) is 0 Å². The number of aliphatic imine (C=N–C) groups is 1. The molecule has 1 heterocycles. The van der Waals surface area contributed by atoms with Gasteiger partial charge in [-0.25, -0.2) is 0 Å². The summed E-state index contributed by atoms with van der Waals surface area (Å²) >= 11 is 0. The summed E-state index contributed by atoms with van der Waals surface area (Å²) in [7, 11) is 0. The van der Waals surface area contributed by atoms with E-state index >= 15 is 0 Å². The van der Waals surface area contributed by atoms with Gasteiger partial charge in [0.25, 0.3) is 0 Å². The number of ether oxygens (including phenoxy) is 1. The molecule has 0 radical (unpaired) electrons. The quantitative estimate of drug-likeness (QED) is 0.498. The van der Waals surface area contributed by atoms with E-state index in [1.54, 1.807) is 0 Å². The number of guanidine groups is 1. The molecule has 0 bridgehead atoms. The van der Waals surface area contributed by atoms with E-state index < -0.39 is 0 Å². The molecule has 146 valence electrons. The van der Waals surface area contributed by atoms with Crippen molar-refractivity contribution in [3.8, 4) is 0 Å². The molecule has 1 saturated heterocycles. The van der Waals surface area contributed by atoms with Crippen molar-refractivity contribution in [2.75, 3.05) is 45.9 Å². The van der Waals surface area contributed by atoms with Crippen molar-refractivity contribution in [3.63, 3.8) is 0 Å². The fourth-order valence-corrected chi connectivity index (χ4v) is 3.20. The van der Waals surface area contributed by atoms with E-state index in [0.717, 1.165) is 44.7 Å². The Hall–Kier alpha value is -1.59. The molecule has 1 aromatic rings. The molecule has 2 atom stereocenters. The first-order chi connectivity index (χ1) is 12.7. The SMILES string of the molecule is CCNC(=NCC(C)COCc1ccccc1)NCC1CCN(CC)C1. The van der Waals surface area contributed by atoms with E-state index in [0.29, 0.717) is 12.5 Å². The van der Waals surface area contributed by atoms with Gasteiger partial charge in [0, 0.05) is 26.2 Å². The second-order valence-corrected chi connectivity index (χ2v) is 7.25. The van der Waals surface area contributed by atoms with Crippen LogP contribution in [0.1, 0.15) is 32.8 Å². The molecular formula is C21H36N4O. The Morgan fingerprint density at radius 3 is 2.77 bits per heavy atom. The van der Waals surface area contributed by atoms with Crippen molar-refractivity contribution in [2.24, 2.45) is 16.8 Å². The first-order valence-electron chi connectivity index (χ1n) is 10.1. The van der Waals surface area contributed by atoms with Crippen LogP contribution in [0, 0.1) is 11.8 Å². The van der Waals surface area contributed by atoms with E-state index in [9.17, 15) is 0 Å². The van der Waals surface area contributed by atoms with Crippen LogP contribution in [0.15, 0.2) is 35.3 Å². The minimum absolute atomic E-state index is 0.399. The average Bonchev–Trinajstić information content (AvgIpc) is 3.13. The minimum atomic E-state index is 0.399. The second-order valence-electron chi connectivity index (χ2n) is 7.25. The minimum Gasteiger partial charge on any atom is -0.376 e. The maximum atomic E-state index is 5.82. The van der Waals surface area contributed by atoms with Gasteiger partial charge in [0.1, 0.15) is 0 Å². The van der Waals surface area contributed by atoms with E-state index in [1.807, 2.05) is 18.2 Å². The zero-order valence-electron chi connectivity index (χ0n) is 16.7. The molecule has 0 aliphatic carbocycles. The topological polar surface area (TPSA) is 48.9 Å². The molecule has 0 aromatic heterocycles.